The predicted molar refractivity (Wildman–Crippen MR) is 87.0 cm³/mol. The smallest absolute Gasteiger partial charge is 0.139 e. The predicted octanol–water partition coefficient (Wildman–Crippen LogP) is 4.30. The van der Waals surface area contributed by atoms with Crippen LogP contribution in [0.3, 0.4) is 0 Å². The molecule has 0 aliphatic rings. The van der Waals surface area contributed by atoms with Crippen molar-refractivity contribution in [3.8, 4) is 5.75 Å². The number of halogens is 2. The first kappa shape index (κ1) is 17.6. The Balaban J connectivity index is 1.98. The summed E-state index contributed by atoms with van der Waals surface area (Å²) in [7, 11) is 0. The van der Waals surface area contributed by atoms with Gasteiger partial charge in [-0.1, -0.05) is 42.6 Å². The topological polar surface area (TPSA) is 25.8 Å². The standard InChI is InChI=1S/C16H25Cl2NO/c1-2-3-11-19-12-6-4-5-7-13-20-15-10-8-9-14(17)16(15)18/h8-10,19H,2-7,11-13H2,1H3/p+1. The molecule has 0 fully saturated rings. The molecule has 2 nitrogen and oxygen atoms in total. The molecule has 1 aromatic rings. The van der Waals surface area contributed by atoms with Gasteiger partial charge in [0.25, 0.3) is 0 Å². The zero-order chi connectivity index (χ0) is 14.6. The van der Waals surface area contributed by atoms with Crippen LogP contribution in [0.25, 0.3) is 0 Å². The fourth-order valence-corrected chi connectivity index (χ4v) is 2.36. The van der Waals surface area contributed by atoms with Gasteiger partial charge in [-0.15, -0.1) is 0 Å². The van der Waals surface area contributed by atoms with E-state index in [2.05, 4.69) is 12.2 Å². The summed E-state index contributed by atoms with van der Waals surface area (Å²) in [5.74, 6) is 0.687. The molecule has 0 aliphatic carbocycles. The van der Waals surface area contributed by atoms with Gasteiger partial charge in [0.1, 0.15) is 10.8 Å². The first-order valence-electron chi connectivity index (χ1n) is 7.64. The van der Waals surface area contributed by atoms with Gasteiger partial charge < -0.3 is 10.1 Å². The second-order valence-electron chi connectivity index (χ2n) is 5.03. The number of benzene rings is 1. The first-order valence-corrected chi connectivity index (χ1v) is 8.39. The Kier molecular flexibility index (Phi) is 9.90. The Bertz CT molecular complexity index is 371. The maximum Gasteiger partial charge on any atom is 0.139 e. The number of quaternary nitrogens is 1. The highest BCUT2D eigenvalue weighted by Gasteiger charge is 2.04. The molecule has 0 atom stereocenters. The molecule has 114 valence electrons. The van der Waals surface area contributed by atoms with Crippen molar-refractivity contribution < 1.29 is 10.1 Å². The zero-order valence-corrected chi connectivity index (χ0v) is 13.8. The highest BCUT2D eigenvalue weighted by Crippen LogP contribution is 2.31. The van der Waals surface area contributed by atoms with Gasteiger partial charge in [-0.3, -0.25) is 0 Å². The fraction of sp³-hybridized carbons (Fsp3) is 0.625. The number of hydrogen-bond acceptors (Lipinski definition) is 1. The molecule has 1 rings (SSSR count). The quantitative estimate of drug-likeness (QED) is 0.605. The summed E-state index contributed by atoms with van der Waals surface area (Å²) in [5.41, 5.74) is 0. The van der Waals surface area contributed by atoms with Crippen molar-refractivity contribution in [2.45, 2.75) is 45.4 Å². The SMILES string of the molecule is CCCC[NH2+]CCCCCCOc1cccc(Cl)c1Cl. The molecule has 0 unspecified atom stereocenters. The summed E-state index contributed by atoms with van der Waals surface area (Å²) in [5, 5.41) is 3.48. The number of unbranched alkanes of at least 4 members (excludes halogenated alkanes) is 4. The molecule has 0 bridgehead atoms. The van der Waals surface area contributed by atoms with Gasteiger partial charge in [0.15, 0.2) is 0 Å². The maximum absolute atomic E-state index is 6.06. The molecule has 0 heterocycles. The molecule has 4 heteroatoms. The Morgan fingerprint density at radius 1 is 1.00 bits per heavy atom. The van der Waals surface area contributed by atoms with Crippen LogP contribution in [0.15, 0.2) is 18.2 Å². The molecule has 0 aromatic heterocycles. The minimum absolute atomic E-state index is 0.514. The molecule has 0 radical (unpaired) electrons. The van der Waals surface area contributed by atoms with Crippen LogP contribution < -0.4 is 10.1 Å². The lowest BCUT2D eigenvalue weighted by atomic mass is 10.2. The van der Waals surface area contributed by atoms with E-state index in [1.165, 1.54) is 45.2 Å². The van der Waals surface area contributed by atoms with Crippen molar-refractivity contribution in [1.29, 1.82) is 0 Å². The van der Waals surface area contributed by atoms with E-state index in [-0.39, 0.29) is 0 Å². The Morgan fingerprint density at radius 3 is 2.55 bits per heavy atom. The minimum atomic E-state index is 0.514. The summed E-state index contributed by atoms with van der Waals surface area (Å²) in [6.45, 7) is 5.47. The van der Waals surface area contributed by atoms with Crippen molar-refractivity contribution in [2.75, 3.05) is 19.7 Å². The summed E-state index contributed by atoms with van der Waals surface area (Å²) in [6, 6.07) is 5.48. The van der Waals surface area contributed by atoms with Gasteiger partial charge in [-0.05, 0) is 44.2 Å². The second kappa shape index (κ2) is 11.2. The average molecular weight is 319 g/mol. The van der Waals surface area contributed by atoms with Crippen LogP contribution in [0.5, 0.6) is 5.75 Å². The van der Waals surface area contributed by atoms with Gasteiger partial charge in [-0.2, -0.15) is 0 Å². The van der Waals surface area contributed by atoms with Crippen molar-refractivity contribution in [2.24, 2.45) is 0 Å². The van der Waals surface area contributed by atoms with E-state index >= 15 is 0 Å². The molecule has 0 amide bonds. The van der Waals surface area contributed by atoms with Crippen LogP contribution in [0, 0.1) is 0 Å². The number of rotatable bonds is 11. The van der Waals surface area contributed by atoms with E-state index in [4.69, 9.17) is 27.9 Å². The molecule has 0 saturated heterocycles. The van der Waals surface area contributed by atoms with Crippen LogP contribution in [0.4, 0.5) is 0 Å². The Labute approximate surface area is 132 Å². The number of nitrogens with two attached hydrogens (primary N) is 1. The number of hydrogen-bond donors (Lipinski definition) is 1. The molecule has 0 spiro atoms. The van der Waals surface area contributed by atoms with Crippen LogP contribution in [0.1, 0.15) is 45.4 Å². The van der Waals surface area contributed by atoms with Crippen molar-refractivity contribution in [3.05, 3.63) is 28.2 Å². The van der Waals surface area contributed by atoms with Crippen LogP contribution in [0.2, 0.25) is 10.0 Å². The van der Waals surface area contributed by atoms with E-state index in [1.807, 2.05) is 12.1 Å². The van der Waals surface area contributed by atoms with E-state index in [0.717, 1.165) is 6.42 Å². The minimum Gasteiger partial charge on any atom is -0.492 e. The van der Waals surface area contributed by atoms with Gasteiger partial charge in [0.05, 0.1) is 24.7 Å². The Hall–Kier alpha value is -0.440. The van der Waals surface area contributed by atoms with Crippen molar-refractivity contribution in [1.82, 2.24) is 0 Å². The van der Waals surface area contributed by atoms with Crippen molar-refractivity contribution in [3.63, 3.8) is 0 Å². The third-order valence-corrected chi connectivity index (χ3v) is 4.04. The molecule has 0 aliphatic heterocycles. The largest absolute Gasteiger partial charge is 0.492 e. The molecule has 2 N–H and O–H groups in total. The molecular formula is C16H26Cl2NO+. The van der Waals surface area contributed by atoms with Crippen LogP contribution >= 0.6 is 23.2 Å². The highest BCUT2D eigenvalue weighted by atomic mass is 35.5. The summed E-state index contributed by atoms with van der Waals surface area (Å²) in [4.78, 5) is 0. The molecular weight excluding hydrogens is 293 g/mol. The normalized spacial score (nSPS) is 10.8. The average Bonchev–Trinajstić information content (AvgIpc) is 2.45. The van der Waals surface area contributed by atoms with E-state index in [0.29, 0.717) is 22.4 Å². The third kappa shape index (κ3) is 7.37. The Morgan fingerprint density at radius 2 is 1.75 bits per heavy atom. The zero-order valence-electron chi connectivity index (χ0n) is 12.3. The van der Waals surface area contributed by atoms with Crippen molar-refractivity contribution >= 4 is 23.2 Å². The monoisotopic (exact) mass is 318 g/mol. The van der Waals surface area contributed by atoms with E-state index < -0.39 is 0 Å². The maximum atomic E-state index is 6.06. The first-order chi connectivity index (χ1) is 9.75. The van der Waals surface area contributed by atoms with E-state index in [1.54, 1.807) is 6.07 Å². The molecule has 20 heavy (non-hydrogen) atoms. The summed E-state index contributed by atoms with van der Waals surface area (Å²) < 4.78 is 5.65. The number of ether oxygens (including phenoxy) is 1. The molecule has 1 aromatic carbocycles. The van der Waals surface area contributed by atoms with Gasteiger partial charge in [0.2, 0.25) is 0 Å². The summed E-state index contributed by atoms with van der Waals surface area (Å²) in [6.07, 6.45) is 7.46. The molecule has 0 saturated carbocycles. The van der Waals surface area contributed by atoms with Crippen LogP contribution in [-0.2, 0) is 0 Å². The lowest BCUT2D eigenvalue weighted by Gasteiger charge is -2.08. The van der Waals surface area contributed by atoms with Gasteiger partial charge in [-0.25, -0.2) is 0 Å². The van der Waals surface area contributed by atoms with E-state index in [9.17, 15) is 0 Å². The second-order valence-corrected chi connectivity index (χ2v) is 5.82. The summed E-state index contributed by atoms with van der Waals surface area (Å²) >= 11 is 12.0. The lowest BCUT2D eigenvalue weighted by molar-refractivity contribution is -0.655. The van der Waals surface area contributed by atoms with Gasteiger partial charge >= 0.3 is 0 Å². The highest BCUT2D eigenvalue weighted by molar-refractivity contribution is 6.42. The third-order valence-electron chi connectivity index (χ3n) is 3.24. The van der Waals surface area contributed by atoms with Gasteiger partial charge in [0, 0.05) is 0 Å². The van der Waals surface area contributed by atoms with Crippen LogP contribution in [-0.4, -0.2) is 19.7 Å². The lowest BCUT2D eigenvalue weighted by Crippen LogP contribution is -2.84. The fourth-order valence-electron chi connectivity index (χ4n) is 2.01.